The Morgan fingerprint density at radius 2 is 2.25 bits per heavy atom. The van der Waals surface area contributed by atoms with Gasteiger partial charge in [-0.2, -0.15) is 5.26 Å². The molecule has 0 heterocycles. The molecule has 0 radical (unpaired) electrons. The first-order chi connectivity index (χ1) is 5.66. The maximum Gasteiger partial charge on any atom is 0.138 e. The molecule has 62 valence electrons. The molecular formula is C8H4BrClFN. The van der Waals surface area contributed by atoms with Crippen LogP contribution in [0.1, 0.15) is 5.56 Å². The van der Waals surface area contributed by atoms with E-state index in [0.717, 1.165) is 0 Å². The van der Waals surface area contributed by atoms with Crippen molar-refractivity contribution < 1.29 is 4.39 Å². The summed E-state index contributed by atoms with van der Waals surface area (Å²) in [4.78, 5) is 0. The molecule has 0 aliphatic rings. The van der Waals surface area contributed by atoms with Crippen molar-refractivity contribution in [2.45, 2.75) is 6.42 Å². The molecule has 0 aliphatic carbocycles. The van der Waals surface area contributed by atoms with Gasteiger partial charge >= 0.3 is 0 Å². The molecule has 0 atom stereocenters. The average Bonchev–Trinajstić information content (AvgIpc) is 2.07. The van der Waals surface area contributed by atoms with Gasteiger partial charge in [-0.3, -0.25) is 0 Å². The Bertz CT molecular complexity index is 346. The smallest absolute Gasteiger partial charge is 0.138 e. The van der Waals surface area contributed by atoms with E-state index in [9.17, 15) is 4.39 Å². The van der Waals surface area contributed by atoms with Gasteiger partial charge in [0.25, 0.3) is 0 Å². The largest absolute Gasteiger partial charge is 0.206 e. The predicted octanol–water partition coefficient (Wildman–Crippen LogP) is 3.31. The van der Waals surface area contributed by atoms with E-state index in [0.29, 0.717) is 5.56 Å². The Morgan fingerprint density at radius 1 is 1.58 bits per heavy atom. The van der Waals surface area contributed by atoms with Crippen molar-refractivity contribution >= 4 is 27.5 Å². The molecule has 1 aromatic carbocycles. The fraction of sp³-hybridized carbons (Fsp3) is 0.125. The minimum absolute atomic E-state index is 0.192. The van der Waals surface area contributed by atoms with Crippen molar-refractivity contribution in [3.05, 3.63) is 33.0 Å². The Hall–Kier alpha value is -0.590. The fourth-order valence-corrected chi connectivity index (χ4v) is 1.39. The first-order valence-electron chi connectivity index (χ1n) is 3.16. The van der Waals surface area contributed by atoms with E-state index in [2.05, 4.69) is 15.9 Å². The van der Waals surface area contributed by atoms with Gasteiger partial charge in [0.2, 0.25) is 0 Å². The van der Waals surface area contributed by atoms with Gasteiger partial charge in [-0.15, -0.1) is 0 Å². The topological polar surface area (TPSA) is 23.8 Å². The second-order valence-electron chi connectivity index (χ2n) is 2.17. The van der Waals surface area contributed by atoms with E-state index in [4.69, 9.17) is 16.9 Å². The van der Waals surface area contributed by atoms with Gasteiger partial charge in [0.15, 0.2) is 0 Å². The third-order valence-corrected chi connectivity index (χ3v) is 2.82. The number of nitrogens with zero attached hydrogens (tertiary/aromatic N) is 1. The molecule has 0 amide bonds. The summed E-state index contributed by atoms with van der Waals surface area (Å²) in [5.41, 5.74) is 0.632. The van der Waals surface area contributed by atoms with Gasteiger partial charge in [0, 0.05) is 0 Å². The highest BCUT2D eigenvalue weighted by atomic mass is 79.9. The van der Waals surface area contributed by atoms with Crippen molar-refractivity contribution in [2.75, 3.05) is 0 Å². The molecule has 0 aliphatic heterocycles. The SMILES string of the molecule is N#CCc1ccc(F)c(Br)c1Cl. The van der Waals surface area contributed by atoms with Gasteiger partial charge in [0.1, 0.15) is 5.82 Å². The molecule has 0 fully saturated rings. The molecule has 12 heavy (non-hydrogen) atoms. The Labute approximate surface area is 82.9 Å². The lowest BCUT2D eigenvalue weighted by atomic mass is 10.2. The second-order valence-corrected chi connectivity index (χ2v) is 3.34. The van der Waals surface area contributed by atoms with E-state index in [1.54, 1.807) is 0 Å². The molecule has 1 rings (SSSR count). The maximum absolute atomic E-state index is 12.8. The number of benzene rings is 1. The maximum atomic E-state index is 12.8. The zero-order chi connectivity index (χ0) is 9.14. The fourth-order valence-electron chi connectivity index (χ4n) is 0.788. The van der Waals surface area contributed by atoms with Crippen LogP contribution in [0.25, 0.3) is 0 Å². The minimum atomic E-state index is -0.415. The van der Waals surface area contributed by atoms with Gasteiger partial charge in [-0.1, -0.05) is 17.7 Å². The molecule has 0 bridgehead atoms. The van der Waals surface area contributed by atoms with Crippen molar-refractivity contribution in [2.24, 2.45) is 0 Å². The molecule has 1 aromatic rings. The normalized spacial score (nSPS) is 9.50. The van der Waals surface area contributed by atoms with Gasteiger partial charge in [-0.05, 0) is 27.6 Å². The van der Waals surface area contributed by atoms with E-state index < -0.39 is 5.82 Å². The first kappa shape index (κ1) is 9.50. The highest BCUT2D eigenvalue weighted by Crippen LogP contribution is 2.28. The molecule has 0 aromatic heterocycles. The number of halogens is 3. The monoisotopic (exact) mass is 247 g/mol. The lowest BCUT2D eigenvalue weighted by Gasteiger charge is -2.01. The van der Waals surface area contributed by atoms with Crippen LogP contribution in [0.3, 0.4) is 0 Å². The van der Waals surface area contributed by atoms with Crippen molar-refractivity contribution in [3.63, 3.8) is 0 Å². The van der Waals surface area contributed by atoms with Gasteiger partial charge < -0.3 is 0 Å². The average molecular weight is 248 g/mol. The minimum Gasteiger partial charge on any atom is -0.206 e. The van der Waals surface area contributed by atoms with Gasteiger partial charge in [-0.25, -0.2) is 4.39 Å². The Morgan fingerprint density at radius 3 is 2.83 bits per heavy atom. The third-order valence-electron chi connectivity index (χ3n) is 1.38. The first-order valence-corrected chi connectivity index (χ1v) is 4.33. The summed E-state index contributed by atoms with van der Waals surface area (Å²) < 4.78 is 13.0. The van der Waals surface area contributed by atoms with Crippen LogP contribution in [-0.2, 0) is 6.42 Å². The highest BCUT2D eigenvalue weighted by molar-refractivity contribution is 9.10. The summed E-state index contributed by atoms with van der Waals surface area (Å²) in [5, 5.41) is 8.66. The van der Waals surface area contributed by atoms with Crippen LogP contribution in [0.4, 0.5) is 4.39 Å². The summed E-state index contributed by atoms with van der Waals surface area (Å²) in [7, 11) is 0. The third kappa shape index (κ3) is 1.77. The van der Waals surface area contributed by atoms with Gasteiger partial charge in [0.05, 0.1) is 22.0 Å². The standard InChI is InChI=1S/C8H4BrClFN/c9-7-6(11)2-1-5(3-4-12)8(7)10/h1-2H,3H2. The summed E-state index contributed by atoms with van der Waals surface area (Å²) in [6.07, 6.45) is 0.192. The van der Waals surface area contributed by atoms with Crippen LogP contribution in [-0.4, -0.2) is 0 Å². The number of nitriles is 1. The zero-order valence-electron chi connectivity index (χ0n) is 5.94. The lowest BCUT2D eigenvalue weighted by Crippen LogP contribution is -1.87. The quantitative estimate of drug-likeness (QED) is 0.700. The molecule has 0 spiro atoms. The van der Waals surface area contributed by atoms with E-state index >= 15 is 0 Å². The van der Waals surface area contributed by atoms with Crippen LogP contribution < -0.4 is 0 Å². The molecule has 0 N–H and O–H groups in total. The number of hydrogen-bond acceptors (Lipinski definition) is 1. The molecule has 0 unspecified atom stereocenters. The lowest BCUT2D eigenvalue weighted by molar-refractivity contribution is 0.620. The van der Waals surface area contributed by atoms with Crippen LogP contribution in [0.5, 0.6) is 0 Å². The number of hydrogen-bond donors (Lipinski definition) is 0. The zero-order valence-corrected chi connectivity index (χ0v) is 8.28. The summed E-state index contributed by atoms with van der Waals surface area (Å²) in [6, 6.07) is 4.73. The van der Waals surface area contributed by atoms with E-state index in [1.165, 1.54) is 12.1 Å². The van der Waals surface area contributed by atoms with Crippen LogP contribution in [0.2, 0.25) is 5.02 Å². The summed E-state index contributed by atoms with van der Waals surface area (Å²) >= 11 is 8.72. The molecule has 0 saturated heterocycles. The van der Waals surface area contributed by atoms with Crippen molar-refractivity contribution in [3.8, 4) is 6.07 Å². The second kappa shape index (κ2) is 3.88. The van der Waals surface area contributed by atoms with Crippen molar-refractivity contribution in [1.82, 2.24) is 0 Å². The van der Waals surface area contributed by atoms with E-state index in [-0.39, 0.29) is 15.9 Å². The van der Waals surface area contributed by atoms with E-state index in [1.807, 2.05) is 6.07 Å². The molecule has 4 heteroatoms. The molecule has 0 saturated carbocycles. The molecule has 1 nitrogen and oxygen atoms in total. The summed E-state index contributed by atoms with van der Waals surface area (Å²) in [6.45, 7) is 0. The number of rotatable bonds is 1. The Kier molecular flexibility index (Phi) is 3.07. The Balaban J connectivity index is 3.19. The van der Waals surface area contributed by atoms with Crippen LogP contribution >= 0.6 is 27.5 Å². The summed E-state index contributed by atoms with van der Waals surface area (Å²) in [5.74, 6) is -0.415. The highest BCUT2D eigenvalue weighted by Gasteiger charge is 2.08. The predicted molar refractivity (Wildman–Crippen MR) is 48.4 cm³/mol. The van der Waals surface area contributed by atoms with Crippen molar-refractivity contribution in [1.29, 1.82) is 5.26 Å². The van der Waals surface area contributed by atoms with Crippen LogP contribution in [0.15, 0.2) is 16.6 Å². The molecular weight excluding hydrogens is 244 g/mol. The van der Waals surface area contributed by atoms with Crippen LogP contribution in [0, 0.1) is 17.1 Å².